The van der Waals surface area contributed by atoms with Crippen LogP contribution in [0.4, 0.5) is 17.2 Å². The molecule has 2 rings (SSSR count). The maximum absolute atomic E-state index is 12.6. The number of unbranched alkanes of at least 4 members (excludes halogenated alkanes) is 1. The Hall–Kier alpha value is -2.32. The highest BCUT2D eigenvalue weighted by atomic mass is 35.5. The van der Waals surface area contributed by atoms with Crippen molar-refractivity contribution in [2.24, 2.45) is 5.92 Å². The second-order valence-corrected chi connectivity index (χ2v) is 7.76. The Morgan fingerprint density at radius 2 is 1.96 bits per heavy atom. The number of rotatable bonds is 7. The van der Waals surface area contributed by atoms with Gasteiger partial charge in [-0.25, -0.2) is 4.79 Å². The fourth-order valence-electron chi connectivity index (χ4n) is 2.74. The van der Waals surface area contributed by atoms with E-state index in [0.29, 0.717) is 23.2 Å². The number of aromatic amines is 1. The summed E-state index contributed by atoms with van der Waals surface area (Å²) in [5.74, 6) is 0.308. The van der Waals surface area contributed by atoms with Crippen LogP contribution >= 0.6 is 23.8 Å². The van der Waals surface area contributed by atoms with E-state index in [1.165, 1.54) is 4.57 Å². The maximum Gasteiger partial charge on any atom is 0.330 e. The molecule has 7 nitrogen and oxygen atoms in total. The minimum atomic E-state index is -0.559. The second kappa shape index (κ2) is 9.75. The fourth-order valence-corrected chi connectivity index (χ4v) is 3.15. The molecule has 0 aliphatic heterocycles. The van der Waals surface area contributed by atoms with Crippen LogP contribution in [0.15, 0.2) is 33.9 Å². The number of hydrogen-bond donors (Lipinski definition) is 3. The zero-order valence-corrected chi connectivity index (χ0v) is 17.9. The smallest absolute Gasteiger partial charge is 0.330 e. The molecule has 152 valence electrons. The van der Waals surface area contributed by atoms with Gasteiger partial charge in [0.25, 0.3) is 5.56 Å². The van der Waals surface area contributed by atoms with Gasteiger partial charge in [-0.05, 0) is 48.8 Å². The van der Waals surface area contributed by atoms with Crippen LogP contribution in [0, 0.1) is 5.92 Å². The third kappa shape index (κ3) is 5.36. The zero-order valence-electron chi connectivity index (χ0n) is 16.3. The lowest BCUT2D eigenvalue weighted by molar-refractivity contribution is 0.601. The summed E-state index contributed by atoms with van der Waals surface area (Å²) in [5, 5.41) is 4.03. The Balaban J connectivity index is 2.47. The van der Waals surface area contributed by atoms with Crippen LogP contribution in [0.1, 0.15) is 33.6 Å². The number of aromatic nitrogens is 2. The second-order valence-electron chi connectivity index (χ2n) is 6.94. The van der Waals surface area contributed by atoms with Crippen LogP contribution in [-0.2, 0) is 6.54 Å². The van der Waals surface area contributed by atoms with Crippen LogP contribution < -0.4 is 27.2 Å². The highest BCUT2D eigenvalue weighted by Crippen LogP contribution is 2.21. The third-order valence-electron chi connectivity index (χ3n) is 4.11. The Bertz CT molecular complexity index is 937. The summed E-state index contributed by atoms with van der Waals surface area (Å²) >= 11 is 11.5. The molecule has 0 aliphatic carbocycles. The number of nitrogens with zero attached hydrogens (tertiary/aromatic N) is 2. The van der Waals surface area contributed by atoms with Crippen molar-refractivity contribution in [3.63, 3.8) is 0 Å². The molecular weight excluding hydrogens is 398 g/mol. The van der Waals surface area contributed by atoms with Crippen molar-refractivity contribution in [2.45, 2.75) is 40.2 Å². The van der Waals surface area contributed by atoms with Crippen molar-refractivity contribution >= 4 is 46.1 Å². The highest BCUT2D eigenvalue weighted by Gasteiger charge is 2.23. The largest absolute Gasteiger partial charge is 0.383 e. The molecule has 9 heteroatoms. The summed E-state index contributed by atoms with van der Waals surface area (Å²) in [6, 6.07) is 7.06. The summed E-state index contributed by atoms with van der Waals surface area (Å²) in [6.45, 7) is 6.92. The molecule has 0 spiro atoms. The van der Waals surface area contributed by atoms with Crippen LogP contribution in [-0.4, -0.2) is 21.2 Å². The molecule has 0 fully saturated rings. The number of thiocarbonyl (C=S) groups is 1. The van der Waals surface area contributed by atoms with E-state index in [-0.39, 0.29) is 17.4 Å². The standard InChI is InChI=1S/C19H26ClN5O2S/c1-4-5-10-24-16(21)15(17(26)23-18(24)27)25(11-12(2)3)19(28)22-14-8-6-13(20)7-9-14/h6-9,12H,4-5,10-11,21H2,1-3H3,(H,22,28)(H,23,26,27). The zero-order chi connectivity index (χ0) is 20.8. The van der Waals surface area contributed by atoms with Crippen molar-refractivity contribution in [1.82, 2.24) is 9.55 Å². The number of H-pyrrole nitrogens is 1. The van der Waals surface area contributed by atoms with Crippen molar-refractivity contribution in [1.29, 1.82) is 0 Å². The van der Waals surface area contributed by atoms with Gasteiger partial charge in [0, 0.05) is 23.8 Å². The summed E-state index contributed by atoms with van der Waals surface area (Å²) in [5.41, 5.74) is 6.09. The van der Waals surface area contributed by atoms with E-state index in [1.807, 2.05) is 20.8 Å². The van der Waals surface area contributed by atoms with E-state index in [0.717, 1.165) is 18.5 Å². The first-order valence-corrected chi connectivity index (χ1v) is 9.99. The number of halogens is 1. The molecule has 28 heavy (non-hydrogen) atoms. The first-order chi connectivity index (χ1) is 13.2. The average Bonchev–Trinajstić information content (AvgIpc) is 2.62. The highest BCUT2D eigenvalue weighted by molar-refractivity contribution is 7.80. The number of anilines is 3. The Morgan fingerprint density at radius 1 is 1.32 bits per heavy atom. The van der Waals surface area contributed by atoms with Gasteiger partial charge in [0.1, 0.15) is 5.82 Å². The van der Waals surface area contributed by atoms with Crippen LogP contribution in [0.3, 0.4) is 0 Å². The molecule has 4 N–H and O–H groups in total. The van der Waals surface area contributed by atoms with Gasteiger partial charge < -0.3 is 16.0 Å². The molecule has 0 unspecified atom stereocenters. The van der Waals surface area contributed by atoms with Gasteiger partial charge >= 0.3 is 5.69 Å². The van der Waals surface area contributed by atoms with Gasteiger partial charge in [-0.3, -0.25) is 14.3 Å². The summed E-state index contributed by atoms with van der Waals surface area (Å²) in [7, 11) is 0. The molecule has 2 aromatic rings. The van der Waals surface area contributed by atoms with Crippen molar-refractivity contribution in [3.8, 4) is 0 Å². The lowest BCUT2D eigenvalue weighted by Gasteiger charge is -2.28. The van der Waals surface area contributed by atoms with E-state index in [2.05, 4.69) is 10.3 Å². The topological polar surface area (TPSA) is 96.2 Å². The number of nitrogens with one attached hydrogen (secondary N) is 2. The third-order valence-corrected chi connectivity index (χ3v) is 4.68. The van der Waals surface area contributed by atoms with Gasteiger partial charge in [-0.1, -0.05) is 38.8 Å². The maximum atomic E-state index is 12.6. The van der Waals surface area contributed by atoms with E-state index in [1.54, 1.807) is 29.2 Å². The quantitative estimate of drug-likeness (QED) is 0.590. The molecule has 0 radical (unpaired) electrons. The van der Waals surface area contributed by atoms with E-state index < -0.39 is 11.2 Å². The first kappa shape index (κ1) is 22.0. The van der Waals surface area contributed by atoms with E-state index in [9.17, 15) is 9.59 Å². The SMILES string of the molecule is CCCCn1c(N)c(N(CC(C)C)C(=S)Nc2ccc(Cl)cc2)c(=O)[nH]c1=O. The Morgan fingerprint density at radius 3 is 2.54 bits per heavy atom. The molecule has 0 aliphatic rings. The van der Waals surface area contributed by atoms with Gasteiger partial charge in [0.15, 0.2) is 10.8 Å². The summed E-state index contributed by atoms with van der Waals surface area (Å²) in [4.78, 5) is 28.8. The molecule has 0 saturated carbocycles. The van der Waals surface area contributed by atoms with Gasteiger partial charge in [0.2, 0.25) is 0 Å². The monoisotopic (exact) mass is 423 g/mol. The molecule has 0 amide bonds. The average molecular weight is 424 g/mol. The van der Waals surface area contributed by atoms with Crippen molar-refractivity contribution < 1.29 is 0 Å². The molecule has 1 aromatic heterocycles. The van der Waals surface area contributed by atoms with Crippen molar-refractivity contribution in [2.75, 3.05) is 22.5 Å². The van der Waals surface area contributed by atoms with Gasteiger partial charge in [0.05, 0.1) is 0 Å². The number of nitrogens with two attached hydrogens (primary N) is 1. The number of hydrogen-bond acceptors (Lipinski definition) is 4. The first-order valence-electron chi connectivity index (χ1n) is 9.21. The molecule has 0 atom stereocenters. The molecule has 1 aromatic carbocycles. The summed E-state index contributed by atoms with van der Waals surface area (Å²) in [6.07, 6.45) is 1.67. The van der Waals surface area contributed by atoms with Gasteiger partial charge in [-0.2, -0.15) is 0 Å². The normalized spacial score (nSPS) is 10.9. The minimum Gasteiger partial charge on any atom is -0.383 e. The fraction of sp³-hybridized carbons (Fsp3) is 0.421. The lowest BCUT2D eigenvalue weighted by Crippen LogP contribution is -2.44. The van der Waals surface area contributed by atoms with E-state index >= 15 is 0 Å². The Labute approximate surface area is 174 Å². The Kier molecular flexibility index (Phi) is 7.65. The molecular formula is C19H26ClN5O2S. The van der Waals surface area contributed by atoms with Crippen LogP contribution in [0.25, 0.3) is 0 Å². The minimum absolute atomic E-state index is 0.114. The van der Waals surface area contributed by atoms with Gasteiger partial charge in [-0.15, -0.1) is 0 Å². The predicted octanol–water partition coefficient (Wildman–Crippen LogP) is 3.43. The van der Waals surface area contributed by atoms with E-state index in [4.69, 9.17) is 29.6 Å². The number of nitrogen functional groups attached to an aromatic ring is 1. The molecule has 1 heterocycles. The van der Waals surface area contributed by atoms with Crippen LogP contribution in [0.2, 0.25) is 5.02 Å². The predicted molar refractivity (Wildman–Crippen MR) is 120 cm³/mol. The van der Waals surface area contributed by atoms with Crippen LogP contribution in [0.5, 0.6) is 0 Å². The van der Waals surface area contributed by atoms with Crippen molar-refractivity contribution in [3.05, 3.63) is 50.1 Å². The molecule has 0 saturated heterocycles. The molecule has 0 bridgehead atoms. The summed E-state index contributed by atoms with van der Waals surface area (Å²) < 4.78 is 1.39. The number of benzene rings is 1. The lowest BCUT2D eigenvalue weighted by atomic mass is 10.2.